The number of hydrogen-bond acceptors (Lipinski definition) is 5. The maximum absolute atomic E-state index is 6.21. The fourth-order valence-corrected chi connectivity index (χ4v) is 3.08. The van der Waals surface area contributed by atoms with E-state index in [9.17, 15) is 0 Å². The van der Waals surface area contributed by atoms with E-state index in [1.54, 1.807) is 17.4 Å². The van der Waals surface area contributed by atoms with Crippen molar-refractivity contribution in [2.24, 2.45) is 5.84 Å². The second-order valence-electron chi connectivity index (χ2n) is 4.07. The minimum absolute atomic E-state index is 0.164. The zero-order valence-corrected chi connectivity index (χ0v) is 12.9. The lowest BCUT2D eigenvalue weighted by molar-refractivity contribution is 0.742. The summed E-state index contributed by atoms with van der Waals surface area (Å²) in [5, 5.41) is 2.94. The molecule has 2 rings (SSSR count). The van der Waals surface area contributed by atoms with Crippen LogP contribution in [0.15, 0.2) is 23.6 Å². The second-order valence-corrected chi connectivity index (χ2v) is 5.86. The van der Waals surface area contributed by atoms with Crippen LogP contribution in [0.4, 0.5) is 11.6 Å². The van der Waals surface area contributed by atoms with Crippen molar-refractivity contribution in [2.45, 2.75) is 13.0 Å². The fraction of sp³-hybridized carbons (Fsp3) is 0.250. The van der Waals surface area contributed by atoms with E-state index in [4.69, 9.17) is 29.0 Å². The fourth-order valence-electron chi connectivity index (χ4n) is 1.71. The number of hydrogen-bond donors (Lipinski definition) is 2. The molecule has 0 spiro atoms. The van der Waals surface area contributed by atoms with Crippen LogP contribution >= 0.6 is 34.5 Å². The highest BCUT2D eigenvalue weighted by molar-refractivity contribution is 7.10. The third kappa shape index (κ3) is 2.95. The lowest BCUT2D eigenvalue weighted by Crippen LogP contribution is -2.23. The third-order valence-electron chi connectivity index (χ3n) is 2.92. The molecule has 19 heavy (non-hydrogen) atoms. The van der Waals surface area contributed by atoms with Gasteiger partial charge in [-0.15, -0.1) is 11.3 Å². The van der Waals surface area contributed by atoms with Gasteiger partial charge in [0.1, 0.15) is 5.82 Å². The van der Waals surface area contributed by atoms with Crippen molar-refractivity contribution < 1.29 is 0 Å². The van der Waals surface area contributed by atoms with Crippen LogP contribution in [0, 0.1) is 0 Å². The molecule has 0 aliphatic rings. The molecule has 102 valence electrons. The topological polar surface area (TPSA) is 54.2 Å². The van der Waals surface area contributed by atoms with Gasteiger partial charge in [-0.25, -0.2) is 10.8 Å². The number of anilines is 2. The molecule has 0 aliphatic carbocycles. The van der Waals surface area contributed by atoms with Gasteiger partial charge in [0.05, 0.1) is 16.1 Å². The molecular formula is C12H14Cl2N4S. The van der Waals surface area contributed by atoms with Gasteiger partial charge in [0.15, 0.2) is 5.82 Å². The molecule has 2 heterocycles. The van der Waals surface area contributed by atoms with Gasteiger partial charge in [0, 0.05) is 11.9 Å². The van der Waals surface area contributed by atoms with E-state index >= 15 is 0 Å². The van der Waals surface area contributed by atoms with E-state index in [0.29, 0.717) is 21.7 Å². The van der Waals surface area contributed by atoms with Gasteiger partial charge in [-0.3, -0.25) is 0 Å². The molecule has 0 aliphatic heterocycles. The number of nitrogens with zero attached hydrogens (tertiary/aromatic N) is 2. The molecule has 1 atom stereocenters. The van der Waals surface area contributed by atoms with E-state index in [1.807, 2.05) is 23.4 Å². The summed E-state index contributed by atoms with van der Waals surface area (Å²) in [6.07, 6.45) is 0. The Morgan fingerprint density at radius 1 is 1.42 bits per heavy atom. The van der Waals surface area contributed by atoms with Crippen LogP contribution in [0.1, 0.15) is 17.8 Å². The van der Waals surface area contributed by atoms with Gasteiger partial charge in [-0.2, -0.15) is 0 Å². The highest BCUT2D eigenvalue weighted by atomic mass is 35.5. The van der Waals surface area contributed by atoms with Gasteiger partial charge in [-0.1, -0.05) is 29.3 Å². The molecule has 4 nitrogen and oxygen atoms in total. The SMILES string of the molecule is CC(c1cccs1)N(C)c1nc(NN)c(Cl)cc1Cl. The molecule has 0 saturated carbocycles. The highest BCUT2D eigenvalue weighted by Crippen LogP contribution is 2.35. The van der Waals surface area contributed by atoms with Crippen molar-refractivity contribution in [3.63, 3.8) is 0 Å². The van der Waals surface area contributed by atoms with Gasteiger partial charge in [-0.05, 0) is 24.4 Å². The average molecular weight is 317 g/mol. The van der Waals surface area contributed by atoms with Gasteiger partial charge in [0.2, 0.25) is 0 Å². The number of nitrogens with one attached hydrogen (secondary N) is 1. The second kappa shape index (κ2) is 5.96. The number of pyridine rings is 1. The predicted molar refractivity (Wildman–Crippen MR) is 83.2 cm³/mol. The van der Waals surface area contributed by atoms with Crippen LogP contribution in [0.25, 0.3) is 0 Å². The summed E-state index contributed by atoms with van der Waals surface area (Å²) in [6, 6.07) is 5.90. The number of nitrogens with two attached hydrogens (primary N) is 1. The van der Waals surface area contributed by atoms with Gasteiger partial charge in [0.25, 0.3) is 0 Å². The number of aromatic nitrogens is 1. The number of hydrazine groups is 1. The zero-order chi connectivity index (χ0) is 14.0. The quantitative estimate of drug-likeness (QED) is 0.662. The Morgan fingerprint density at radius 2 is 2.16 bits per heavy atom. The molecule has 7 heteroatoms. The van der Waals surface area contributed by atoms with Crippen LogP contribution < -0.4 is 16.2 Å². The Hall–Kier alpha value is -1.01. The van der Waals surface area contributed by atoms with Crippen molar-refractivity contribution in [3.8, 4) is 0 Å². The Bertz CT molecular complexity index is 559. The standard InChI is InChI=1S/C12H14Cl2N4S/c1-7(10-4-3-5-19-10)18(2)12-9(14)6-8(13)11(16-12)17-15/h3-7H,15H2,1-2H3,(H,16,17). The first-order valence-corrected chi connectivity index (χ1v) is 7.27. The van der Waals surface area contributed by atoms with Crippen molar-refractivity contribution in [2.75, 3.05) is 17.4 Å². The summed E-state index contributed by atoms with van der Waals surface area (Å²) < 4.78 is 0. The van der Waals surface area contributed by atoms with Crippen molar-refractivity contribution in [1.82, 2.24) is 4.98 Å². The zero-order valence-electron chi connectivity index (χ0n) is 10.5. The van der Waals surface area contributed by atoms with Crippen LogP contribution in [0.5, 0.6) is 0 Å². The summed E-state index contributed by atoms with van der Waals surface area (Å²) in [7, 11) is 1.94. The van der Waals surface area contributed by atoms with E-state index in [1.165, 1.54) is 4.88 Å². The highest BCUT2D eigenvalue weighted by Gasteiger charge is 2.18. The molecule has 0 saturated heterocycles. The summed E-state index contributed by atoms with van der Waals surface area (Å²) in [5.41, 5.74) is 2.47. The lowest BCUT2D eigenvalue weighted by atomic mass is 10.2. The number of halogens is 2. The molecule has 0 aromatic carbocycles. The molecule has 0 amide bonds. The molecule has 2 aromatic rings. The van der Waals surface area contributed by atoms with Gasteiger partial charge < -0.3 is 10.3 Å². The summed E-state index contributed by atoms with van der Waals surface area (Å²) in [4.78, 5) is 7.58. The lowest BCUT2D eigenvalue weighted by Gasteiger charge is -2.26. The molecule has 0 fully saturated rings. The minimum atomic E-state index is 0.164. The monoisotopic (exact) mass is 316 g/mol. The molecule has 0 radical (unpaired) electrons. The van der Waals surface area contributed by atoms with Crippen LogP contribution in [0.2, 0.25) is 10.0 Å². The largest absolute Gasteiger partial charge is 0.351 e. The minimum Gasteiger partial charge on any atom is -0.351 e. The summed E-state index contributed by atoms with van der Waals surface area (Å²) in [5.74, 6) is 6.43. The first-order valence-electron chi connectivity index (χ1n) is 5.63. The van der Waals surface area contributed by atoms with E-state index in [-0.39, 0.29) is 6.04 Å². The van der Waals surface area contributed by atoms with E-state index < -0.39 is 0 Å². The molecule has 2 aromatic heterocycles. The first kappa shape index (κ1) is 14.4. The maximum atomic E-state index is 6.21. The first-order chi connectivity index (χ1) is 9.04. The summed E-state index contributed by atoms with van der Waals surface area (Å²) in [6.45, 7) is 2.09. The smallest absolute Gasteiger partial charge is 0.161 e. The predicted octanol–water partition coefficient (Wildman–Crippen LogP) is 3.93. The third-order valence-corrected chi connectivity index (χ3v) is 4.53. The van der Waals surface area contributed by atoms with Crippen LogP contribution in [0.3, 0.4) is 0 Å². The Labute approximate surface area is 126 Å². The van der Waals surface area contributed by atoms with Crippen molar-refractivity contribution in [1.29, 1.82) is 0 Å². The van der Waals surface area contributed by atoms with Crippen LogP contribution in [-0.4, -0.2) is 12.0 Å². The Balaban J connectivity index is 2.35. The average Bonchev–Trinajstić information content (AvgIpc) is 2.91. The molecular weight excluding hydrogens is 303 g/mol. The van der Waals surface area contributed by atoms with Crippen LogP contribution in [-0.2, 0) is 0 Å². The summed E-state index contributed by atoms with van der Waals surface area (Å²) >= 11 is 13.9. The van der Waals surface area contributed by atoms with E-state index in [2.05, 4.69) is 23.4 Å². The van der Waals surface area contributed by atoms with E-state index in [0.717, 1.165) is 0 Å². The maximum Gasteiger partial charge on any atom is 0.161 e. The molecule has 3 N–H and O–H groups in total. The van der Waals surface area contributed by atoms with Crippen molar-refractivity contribution >= 4 is 46.2 Å². The van der Waals surface area contributed by atoms with Gasteiger partial charge >= 0.3 is 0 Å². The number of thiophene rings is 1. The number of rotatable bonds is 4. The molecule has 0 bridgehead atoms. The number of nitrogen functional groups attached to an aromatic ring is 1. The Morgan fingerprint density at radius 3 is 2.74 bits per heavy atom. The normalized spacial score (nSPS) is 12.3. The van der Waals surface area contributed by atoms with Crippen molar-refractivity contribution in [3.05, 3.63) is 38.5 Å². The molecule has 1 unspecified atom stereocenters. The Kier molecular flexibility index (Phi) is 4.52.